The second-order valence-corrected chi connectivity index (χ2v) is 14.9. The number of nitrogen functional groups attached to an aromatic ring is 1. The molecule has 2 fully saturated rings. The zero-order chi connectivity index (χ0) is 36.7. The first kappa shape index (κ1) is 35.7. The van der Waals surface area contributed by atoms with Crippen molar-refractivity contribution in [2.75, 3.05) is 43.1 Å². The Hall–Kier alpha value is -4.72. The van der Waals surface area contributed by atoms with Crippen molar-refractivity contribution in [3.63, 3.8) is 0 Å². The molecule has 5 N–H and O–H groups in total. The van der Waals surface area contributed by atoms with E-state index < -0.39 is 40.9 Å². The number of halogens is 2. The quantitative estimate of drug-likeness (QED) is 0.0957. The fourth-order valence-corrected chi connectivity index (χ4v) is 8.93. The summed E-state index contributed by atoms with van der Waals surface area (Å²) < 4.78 is 19.2. The molecule has 3 aromatic rings. The number of aromatic nitrogens is 3. The number of carboxylic acid groups (broad SMARTS) is 1. The monoisotopic (exact) mass is 773 g/mol. The zero-order valence-corrected chi connectivity index (χ0v) is 30.3. The molecule has 2 saturated heterocycles. The van der Waals surface area contributed by atoms with Gasteiger partial charge in [0.2, 0.25) is 0 Å². The highest BCUT2D eigenvalue weighted by molar-refractivity contribution is 8.00. The van der Waals surface area contributed by atoms with E-state index in [-0.39, 0.29) is 51.5 Å². The van der Waals surface area contributed by atoms with Crippen molar-refractivity contribution < 1.29 is 38.2 Å². The van der Waals surface area contributed by atoms with E-state index in [0.717, 1.165) is 49.5 Å². The number of hydrogen-bond acceptors (Lipinski definition) is 12. The Morgan fingerprint density at radius 2 is 2.00 bits per heavy atom. The predicted octanol–water partition coefficient (Wildman–Crippen LogP) is 1.55. The Morgan fingerprint density at radius 1 is 1.21 bits per heavy atom. The molecule has 274 valence electrons. The minimum absolute atomic E-state index is 0.131. The summed E-state index contributed by atoms with van der Waals surface area (Å²) in [5.41, 5.74) is 9.35. The number of oxime groups is 1. The van der Waals surface area contributed by atoms with Crippen molar-refractivity contribution in [2.24, 2.45) is 5.16 Å². The average molecular weight is 774 g/mol. The number of fused-ring (bicyclic) bond motifs is 2. The molecule has 1 aromatic carbocycles. The third kappa shape index (κ3) is 6.80. The molecule has 4 aliphatic heterocycles. The number of nitrogens with one attached hydrogen (secondary N) is 2. The van der Waals surface area contributed by atoms with Gasteiger partial charge in [-0.3, -0.25) is 24.7 Å². The molecular formula is C32H35ClFN10O6S2+. The maximum Gasteiger partial charge on any atom is 0.352 e. The van der Waals surface area contributed by atoms with Crippen LogP contribution in [0.15, 0.2) is 46.2 Å². The van der Waals surface area contributed by atoms with Gasteiger partial charge in [-0.1, -0.05) is 23.2 Å². The van der Waals surface area contributed by atoms with Gasteiger partial charge in [0.05, 0.1) is 12.6 Å². The Morgan fingerprint density at radius 3 is 2.69 bits per heavy atom. The summed E-state index contributed by atoms with van der Waals surface area (Å²) in [6.45, 7) is 2.91. The van der Waals surface area contributed by atoms with Crippen molar-refractivity contribution in [3.8, 4) is 0 Å². The molecule has 20 heteroatoms. The Balaban J connectivity index is 1.03. The number of carbonyl (C=O) groups is 4. The van der Waals surface area contributed by atoms with E-state index in [2.05, 4.69) is 20.9 Å². The second kappa shape index (κ2) is 14.7. The summed E-state index contributed by atoms with van der Waals surface area (Å²) in [5.74, 6) is -2.46. The molecule has 6 heterocycles. The van der Waals surface area contributed by atoms with Crippen LogP contribution in [0.25, 0.3) is 0 Å². The number of carbonyl (C=O) groups excluding carboxylic acids is 3. The van der Waals surface area contributed by atoms with Gasteiger partial charge in [-0.05, 0) is 25.0 Å². The van der Waals surface area contributed by atoms with Crippen molar-refractivity contribution in [1.29, 1.82) is 0 Å². The van der Waals surface area contributed by atoms with Crippen LogP contribution in [-0.4, -0.2) is 98.0 Å². The number of thioether (sulfide) groups is 1. The molecule has 7 rings (SSSR count). The highest BCUT2D eigenvalue weighted by Gasteiger charge is 2.55. The van der Waals surface area contributed by atoms with E-state index in [0.29, 0.717) is 24.4 Å². The summed E-state index contributed by atoms with van der Waals surface area (Å²) in [5, 5.41) is 19.7. The van der Waals surface area contributed by atoms with Crippen LogP contribution in [0.3, 0.4) is 0 Å². The van der Waals surface area contributed by atoms with Crippen molar-refractivity contribution in [1.82, 2.24) is 30.3 Å². The molecule has 52 heavy (non-hydrogen) atoms. The van der Waals surface area contributed by atoms with Crippen LogP contribution in [0.2, 0.25) is 5.02 Å². The summed E-state index contributed by atoms with van der Waals surface area (Å²) in [7, 11) is 1.27. The summed E-state index contributed by atoms with van der Waals surface area (Å²) in [6.07, 6.45) is 4.90. The zero-order valence-electron chi connectivity index (χ0n) is 27.9. The lowest BCUT2D eigenvalue weighted by Crippen LogP contribution is -2.71. The van der Waals surface area contributed by atoms with E-state index >= 15 is 4.39 Å². The summed E-state index contributed by atoms with van der Waals surface area (Å²) in [6, 6.07) is 3.56. The predicted molar refractivity (Wildman–Crippen MR) is 190 cm³/mol. The first-order chi connectivity index (χ1) is 25.0. The molecule has 0 radical (unpaired) electrons. The summed E-state index contributed by atoms with van der Waals surface area (Å²) in [4.78, 5) is 63.8. The molecule has 0 bridgehead atoms. The fraction of sp³-hybridized carbons (Fsp3) is 0.406. The average Bonchev–Trinajstić information content (AvgIpc) is 3.85. The smallest absolute Gasteiger partial charge is 0.352 e. The molecule has 0 aliphatic carbocycles. The number of piperidine rings is 1. The van der Waals surface area contributed by atoms with Gasteiger partial charge in [0.1, 0.15) is 35.7 Å². The lowest BCUT2D eigenvalue weighted by atomic mass is 10.0. The molecule has 16 nitrogen and oxygen atoms in total. The number of carboxylic acids is 1. The normalized spacial score (nSPS) is 20.4. The van der Waals surface area contributed by atoms with Crippen molar-refractivity contribution in [3.05, 3.63) is 68.7 Å². The van der Waals surface area contributed by atoms with Gasteiger partial charge in [-0.2, -0.15) is 0 Å². The van der Waals surface area contributed by atoms with Crippen LogP contribution in [0.5, 0.6) is 0 Å². The van der Waals surface area contributed by atoms with E-state index in [1.807, 2.05) is 25.3 Å². The largest absolute Gasteiger partial charge is 0.477 e. The molecule has 0 unspecified atom stereocenters. The number of thiazole rings is 1. The Bertz CT molecular complexity index is 1990. The third-order valence-electron chi connectivity index (χ3n) is 9.30. The Labute approximate surface area is 309 Å². The van der Waals surface area contributed by atoms with E-state index in [1.54, 1.807) is 6.20 Å². The van der Waals surface area contributed by atoms with Gasteiger partial charge in [-0.15, -0.1) is 32.5 Å². The van der Waals surface area contributed by atoms with Crippen molar-refractivity contribution >= 4 is 75.1 Å². The van der Waals surface area contributed by atoms with Gasteiger partial charge in [0, 0.05) is 59.0 Å². The van der Waals surface area contributed by atoms with Crippen LogP contribution in [0.4, 0.5) is 15.3 Å². The van der Waals surface area contributed by atoms with E-state index in [1.165, 1.54) is 41.3 Å². The van der Waals surface area contributed by atoms with Gasteiger partial charge in [-0.25, -0.2) is 19.2 Å². The number of hydrazine groups is 1. The van der Waals surface area contributed by atoms with Crippen LogP contribution >= 0.6 is 34.7 Å². The molecule has 2 aromatic heterocycles. The summed E-state index contributed by atoms with van der Waals surface area (Å²) >= 11 is 8.99. The molecule has 4 aliphatic rings. The van der Waals surface area contributed by atoms with Crippen LogP contribution < -0.4 is 26.1 Å². The van der Waals surface area contributed by atoms with Gasteiger partial charge >= 0.3 is 5.97 Å². The molecular weight excluding hydrogens is 739 g/mol. The number of aliphatic carboxylic acids is 1. The molecule has 2 atom stereocenters. The molecule has 0 saturated carbocycles. The SMILES string of the molecule is CO/N=C(\C(=O)N[C@@H]1C(=O)N2C(C(=O)O)=C(C[n+]3ccc4n3CCN4Cc3c(F)cc(C(=O)NN4CCCCC4)cc3Cl)CS[C@H]12)c1csc(N)n1. The first-order valence-electron chi connectivity index (χ1n) is 16.5. The number of nitrogens with zero attached hydrogens (tertiary/aromatic N) is 7. The van der Waals surface area contributed by atoms with Crippen molar-refractivity contribution in [2.45, 2.75) is 50.3 Å². The number of benzene rings is 1. The lowest BCUT2D eigenvalue weighted by molar-refractivity contribution is -0.766. The minimum Gasteiger partial charge on any atom is -0.477 e. The first-order valence-corrected chi connectivity index (χ1v) is 18.8. The standard InChI is InChI=1S/C32H34ClFN10O6S2/c1-50-39-24(22-16-52-32(35)36-22)28(46)37-25-29(47)44-26(31(48)49)18(15-51-30(25)44)13-42-8-5-23-40(9-10-43(23)42)14-19-20(33)11-17(12-21(19)34)27(45)38-41-6-3-2-4-7-41/h5,8,11-12,16,25,30H,2-4,6-7,9-10,13-15H2,1H3,(H4-,35,36,37,38,45,46,48,49)/p+1/b39-24-/t25-,30-/m1/s1. The van der Waals surface area contributed by atoms with Gasteiger partial charge in [0.25, 0.3) is 17.7 Å². The second-order valence-electron chi connectivity index (χ2n) is 12.5. The molecule has 3 amide bonds. The fourth-order valence-electron chi connectivity index (χ4n) is 6.78. The topological polar surface area (TPSA) is 192 Å². The van der Waals surface area contributed by atoms with Crippen LogP contribution in [0.1, 0.15) is 40.9 Å². The lowest BCUT2D eigenvalue weighted by Gasteiger charge is -2.49. The third-order valence-corrected chi connectivity index (χ3v) is 11.6. The minimum atomic E-state index is -1.26. The number of hydrogen-bond donors (Lipinski definition) is 4. The highest BCUT2D eigenvalue weighted by Crippen LogP contribution is 2.40. The van der Waals surface area contributed by atoms with E-state index in [4.69, 9.17) is 22.2 Å². The Kier molecular flexibility index (Phi) is 10.1. The number of rotatable bonds is 11. The van der Waals surface area contributed by atoms with E-state index in [9.17, 15) is 24.3 Å². The number of amides is 3. The van der Waals surface area contributed by atoms with Crippen LogP contribution in [0, 0.1) is 5.82 Å². The maximum atomic E-state index is 15.4. The number of nitrogens with two attached hydrogens (primary N) is 1. The number of anilines is 2. The number of β-lactam (4-membered cyclic amide) rings is 1. The van der Waals surface area contributed by atoms with Gasteiger partial charge in [0.15, 0.2) is 29.4 Å². The maximum absolute atomic E-state index is 15.4. The van der Waals surface area contributed by atoms with Crippen LogP contribution in [-0.2, 0) is 38.9 Å². The molecule has 0 spiro atoms. The van der Waals surface area contributed by atoms with Gasteiger partial charge < -0.3 is 25.9 Å². The highest BCUT2D eigenvalue weighted by atomic mass is 35.5.